The second kappa shape index (κ2) is 12.9. The van der Waals surface area contributed by atoms with Crippen LogP contribution in [0.2, 0.25) is 0 Å². The van der Waals surface area contributed by atoms with Gasteiger partial charge in [-0.3, -0.25) is 14.4 Å². The molecule has 220 valence electrons. The molecule has 2 aromatic rings. The number of nitrogens with zero attached hydrogens (tertiary/aromatic N) is 2. The van der Waals surface area contributed by atoms with Crippen molar-refractivity contribution in [3.05, 3.63) is 53.2 Å². The van der Waals surface area contributed by atoms with Crippen molar-refractivity contribution in [3.63, 3.8) is 0 Å². The third-order valence-corrected chi connectivity index (χ3v) is 9.08. The molecule has 3 saturated carbocycles. The summed E-state index contributed by atoms with van der Waals surface area (Å²) in [4.78, 5) is 44.9. The Kier molecular flexibility index (Phi) is 9.10. The van der Waals surface area contributed by atoms with Crippen LogP contribution in [0.3, 0.4) is 0 Å². The predicted molar refractivity (Wildman–Crippen MR) is 161 cm³/mol. The molecule has 0 bridgehead atoms. The Bertz CT molecular complexity index is 1240. The zero-order chi connectivity index (χ0) is 28.9. The van der Waals surface area contributed by atoms with E-state index in [-0.39, 0.29) is 29.9 Å². The minimum atomic E-state index is -0.504. The number of amides is 3. The van der Waals surface area contributed by atoms with Gasteiger partial charge in [0.15, 0.2) is 0 Å². The summed E-state index contributed by atoms with van der Waals surface area (Å²) in [5.41, 5.74) is 7.71. The molecule has 0 saturated heterocycles. The Hall–Kier alpha value is -3.62. The fraction of sp³-hybridized carbons (Fsp3) is 0.562. The van der Waals surface area contributed by atoms with E-state index < -0.39 is 5.91 Å². The predicted octanol–water partition coefficient (Wildman–Crippen LogP) is 4.49. The first kappa shape index (κ1) is 28.9. The van der Waals surface area contributed by atoms with Gasteiger partial charge in [0.2, 0.25) is 0 Å². The normalized spacial score (nSPS) is 22.3. The summed E-state index contributed by atoms with van der Waals surface area (Å²) < 4.78 is 0. The summed E-state index contributed by atoms with van der Waals surface area (Å²) in [6.07, 6.45) is 11.2. The van der Waals surface area contributed by atoms with Gasteiger partial charge in [0.1, 0.15) is 5.82 Å². The maximum atomic E-state index is 13.3. The van der Waals surface area contributed by atoms with Crippen LogP contribution in [-0.4, -0.2) is 53.9 Å². The molecule has 3 aliphatic carbocycles. The van der Waals surface area contributed by atoms with E-state index in [9.17, 15) is 14.4 Å². The number of aromatic nitrogens is 1. The number of nitrogens with one attached hydrogen (secondary N) is 3. The maximum Gasteiger partial charge on any atom is 0.253 e. The number of primary amides is 1. The molecule has 1 aromatic carbocycles. The average molecular weight is 561 g/mol. The molecular formula is C32H44N6O3. The molecule has 3 fully saturated rings. The molecule has 3 aliphatic rings. The molecule has 5 N–H and O–H groups in total. The summed E-state index contributed by atoms with van der Waals surface area (Å²) in [5, 5.41) is 9.70. The zero-order valence-electron chi connectivity index (χ0n) is 24.3. The molecule has 1 heterocycles. The quantitative estimate of drug-likeness (QED) is 0.303. The van der Waals surface area contributed by atoms with Gasteiger partial charge in [-0.25, -0.2) is 4.98 Å². The Morgan fingerprint density at radius 3 is 2.27 bits per heavy atom. The Morgan fingerprint density at radius 1 is 0.927 bits per heavy atom. The highest BCUT2D eigenvalue weighted by atomic mass is 16.2. The monoisotopic (exact) mass is 560 g/mol. The van der Waals surface area contributed by atoms with Crippen molar-refractivity contribution in [2.75, 3.05) is 23.3 Å². The standard InChI is InChI=1S/C32H44N6O3/c1-3-21-15-25(37-31(40)22-11-13-26(30(33)39)27(16-22)34-18-20-9-10-20)17-28(21)38(4-2)29-14-12-23(19-35-29)32(41)36-24-7-5-6-8-24/h11-14,16,19-21,24-25,28,34H,3-10,15,17-18H2,1-2H3,(H2,33,39)(H,36,41)(H,37,40). The van der Waals surface area contributed by atoms with Crippen LogP contribution in [0, 0.1) is 11.8 Å². The van der Waals surface area contributed by atoms with Crippen LogP contribution in [0.4, 0.5) is 11.5 Å². The number of carbonyl (C=O) groups excluding carboxylic acids is 3. The second-order valence-electron chi connectivity index (χ2n) is 12.0. The third-order valence-electron chi connectivity index (χ3n) is 9.08. The van der Waals surface area contributed by atoms with Crippen LogP contribution in [0.15, 0.2) is 36.5 Å². The lowest BCUT2D eigenvalue weighted by molar-refractivity contribution is 0.0928. The van der Waals surface area contributed by atoms with Gasteiger partial charge in [0.25, 0.3) is 17.7 Å². The van der Waals surface area contributed by atoms with Gasteiger partial charge >= 0.3 is 0 Å². The number of hydrogen-bond donors (Lipinski definition) is 4. The molecule has 3 unspecified atom stereocenters. The van der Waals surface area contributed by atoms with E-state index in [0.29, 0.717) is 34.2 Å². The van der Waals surface area contributed by atoms with Crippen LogP contribution in [0.1, 0.15) is 103 Å². The fourth-order valence-corrected chi connectivity index (χ4v) is 6.53. The summed E-state index contributed by atoms with van der Waals surface area (Å²) in [5.74, 6) is 1.18. The number of anilines is 2. The molecule has 0 aliphatic heterocycles. The Balaban J connectivity index is 1.23. The minimum Gasteiger partial charge on any atom is -0.384 e. The molecule has 1 aromatic heterocycles. The lowest BCUT2D eigenvalue weighted by atomic mass is 9.99. The van der Waals surface area contributed by atoms with Gasteiger partial charge < -0.3 is 26.6 Å². The van der Waals surface area contributed by atoms with Crippen LogP contribution in [0.5, 0.6) is 0 Å². The molecule has 3 atom stereocenters. The number of rotatable bonds is 12. The highest BCUT2D eigenvalue weighted by Gasteiger charge is 2.38. The molecule has 41 heavy (non-hydrogen) atoms. The zero-order valence-corrected chi connectivity index (χ0v) is 24.3. The van der Waals surface area contributed by atoms with Crippen LogP contribution >= 0.6 is 0 Å². The van der Waals surface area contributed by atoms with Crippen LogP contribution in [-0.2, 0) is 0 Å². The first-order valence-corrected chi connectivity index (χ1v) is 15.4. The first-order chi connectivity index (χ1) is 19.9. The molecule has 3 amide bonds. The van der Waals surface area contributed by atoms with Crippen molar-refractivity contribution < 1.29 is 14.4 Å². The van der Waals surface area contributed by atoms with E-state index in [0.717, 1.165) is 51.0 Å². The largest absolute Gasteiger partial charge is 0.384 e. The topological polar surface area (TPSA) is 129 Å². The fourth-order valence-electron chi connectivity index (χ4n) is 6.53. The van der Waals surface area contributed by atoms with Gasteiger partial charge in [-0.15, -0.1) is 0 Å². The van der Waals surface area contributed by atoms with E-state index in [1.807, 2.05) is 12.1 Å². The van der Waals surface area contributed by atoms with Crippen LogP contribution < -0.4 is 26.6 Å². The minimum absolute atomic E-state index is 0.0293. The summed E-state index contributed by atoms with van der Waals surface area (Å²) in [6, 6.07) is 9.41. The summed E-state index contributed by atoms with van der Waals surface area (Å²) >= 11 is 0. The lowest BCUT2D eigenvalue weighted by Crippen LogP contribution is -2.40. The van der Waals surface area contributed by atoms with E-state index in [2.05, 4.69) is 34.7 Å². The number of hydrogen-bond acceptors (Lipinski definition) is 6. The van der Waals surface area contributed by atoms with Crippen molar-refractivity contribution in [2.45, 2.75) is 89.8 Å². The SMILES string of the molecule is CCC1CC(NC(=O)c2ccc(C(N)=O)c(NCC3CC3)c2)CC1N(CC)c1ccc(C(=O)NC2CCCC2)cn1. The Labute approximate surface area is 243 Å². The number of pyridine rings is 1. The van der Waals surface area contributed by atoms with E-state index >= 15 is 0 Å². The van der Waals surface area contributed by atoms with Crippen molar-refractivity contribution in [1.82, 2.24) is 15.6 Å². The van der Waals surface area contributed by atoms with E-state index in [1.165, 1.54) is 25.7 Å². The van der Waals surface area contributed by atoms with E-state index in [4.69, 9.17) is 10.7 Å². The summed E-state index contributed by atoms with van der Waals surface area (Å²) in [7, 11) is 0. The van der Waals surface area contributed by atoms with Crippen molar-refractivity contribution in [3.8, 4) is 0 Å². The Morgan fingerprint density at radius 2 is 1.63 bits per heavy atom. The number of carbonyl (C=O) groups is 3. The van der Waals surface area contributed by atoms with Crippen LogP contribution in [0.25, 0.3) is 0 Å². The van der Waals surface area contributed by atoms with Crippen molar-refractivity contribution >= 4 is 29.2 Å². The maximum absolute atomic E-state index is 13.3. The van der Waals surface area contributed by atoms with Gasteiger partial charge in [0, 0.05) is 48.7 Å². The summed E-state index contributed by atoms with van der Waals surface area (Å²) in [6.45, 7) is 5.88. The third kappa shape index (κ3) is 7.00. The molecule has 9 heteroatoms. The second-order valence-corrected chi connectivity index (χ2v) is 12.0. The van der Waals surface area contributed by atoms with Gasteiger partial charge in [-0.1, -0.05) is 26.2 Å². The molecule has 0 radical (unpaired) electrons. The van der Waals surface area contributed by atoms with Crippen molar-refractivity contribution in [2.24, 2.45) is 17.6 Å². The lowest BCUT2D eigenvalue weighted by Gasteiger charge is -2.33. The van der Waals surface area contributed by atoms with E-state index in [1.54, 1.807) is 24.4 Å². The molecule has 5 rings (SSSR count). The average Bonchev–Trinajstić information content (AvgIpc) is 3.51. The van der Waals surface area contributed by atoms with Crippen molar-refractivity contribution in [1.29, 1.82) is 0 Å². The number of benzene rings is 1. The highest BCUT2D eigenvalue weighted by molar-refractivity contribution is 6.02. The number of nitrogens with two attached hydrogens (primary N) is 1. The van der Waals surface area contributed by atoms with Gasteiger partial charge in [0.05, 0.1) is 11.1 Å². The van der Waals surface area contributed by atoms with Gasteiger partial charge in [-0.05, 0) is 87.6 Å². The highest BCUT2D eigenvalue weighted by Crippen LogP contribution is 2.35. The molecule has 9 nitrogen and oxygen atoms in total. The molecular weight excluding hydrogens is 516 g/mol. The first-order valence-electron chi connectivity index (χ1n) is 15.4. The molecule has 0 spiro atoms. The smallest absolute Gasteiger partial charge is 0.253 e. The van der Waals surface area contributed by atoms with Gasteiger partial charge in [-0.2, -0.15) is 0 Å².